The van der Waals surface area contributed by atoms with Crippen LogP contribution in [0.2, 0.25) is 0 Å². The van der Waals surface area contributed by atoms with Crippen LogP contribution in [0, 0.1) is 5.41 Å². The first-order chi connectivity index (χ1) is 6.43. The molecular formula is C12H18ClN. The van der Waals surface area contributed by atoms with E-state index in [0.29, 0.717) is 0 Å². The fourth-order valence-electron chi connectivity index (χ4n) is 1.55. The van der Waals surface area contributed by atoms with Gasteiger partial charge in [0, 0.05) is 23.2 Å². The van der Waals surface area contributed by atoms with Crippen molar-refractivity contribution >= 4 is 11.6 Å². The molecule has 0 saturated carbocycles. The Labute approximate surface area is 91.5 Å². The van der Waals surface area contributed by atoms with Crippen LogP contribution in [-0.4, -0.2) is 10.4 Å². The van der Waals surface area contributed by atoms with E-state index < -0.39 is 0 Å². The quantitative estimate of drug-likeness (QED) is 0.678. The molecule has 0 fully saturated rings. The largest absolute Gasteiger partial charge is 0.261 e. The molecule has 14 heavy (non-hydrogen) atoms. The van der Waals surface area contributed by atoms with Gasteiger partial charge in [0.05, 0.1) is 0 Å². The van der Waals surface area contributed by atoms with Gasteiger partial charge in [-0.2, -0.15) is 0 Å². The molecular weight excluding hydrogens is 194 g/mol. The summed E-state index contributed by atoms with van der Waals surface area (Å²) >= 11 is 6.40. The number of hydrogen-bond donors (Lipinski definition) is 0. The van der Waals surface area contributed by atoms with Gasteiger partial charge in [0.25, 0.3) is 0 Å². The van der Waals surface area contributed by atoms with E-state index in [4.69, 9.17) is 11.6 Å². The molecule has 2 atom stereocenters. The lowest BCUT2D eigenvalue weighted by Crippen LogP contribution is -2.26. The van der Waals surface area contributed by atoms with Crippen molar-refractivity contribution in [2.45, 2.75) is 39.0 Å². The Morgan fingerprint density at radius 2 is 1.93 bits per heavy atom. The van der Waals surface area contributed by atoms with E-state index in [-0.39, 0.29) is 16.7 Å². The van der Waals surface area contributed by atoms with Crippen LogP contribution in [0.4, 0.5) is 0 Å². The van der Waals surface area contributed by atoms with Crippen molar-refractivity contribution in [3.63, 3.8) is 0 Å². The van der Waals surface area contributed by atoms with Crippen molar-refractivity contribution in [2.75, 3.05) is 0 Å². The molecule has 0 radical (unpaired) electrons. The molecule has 0 aliphatic heterocycles. The Bertz CT molecular complexity index is 276. The molecule has 78 valence electrons. The molecule has 0 amide bonds. The third-order valence-electron chi connectivity index (χ3n) is 2.42. The minimum Gasteiger partial charge on any atom is -0.261 e. The fraction of sp³-hybridized carbons (Fsp3) is 0.583. The molecule has 2 heteroatoms. The first-order valence-corrected chi connectivity index (χ1v) is 5.41. The second-order valence-electron chi connectivity index (χ2n) is 4.81. The van der Waals surface area contributed by atoms with Crippen molar-refractivity contribution in [3.05, 3.63) is 30.1 Å². The molecule has 0 aliphatic rings. The first kappa shape index (κ1) is 11.5. The first-order valence-electron chi connectivity index (χ1n) is 4.98. The lowest BCUT2D eigenvalue weighted by molar-refractivity contribution is 0.355. The summed E-state index contributed by atoms with van der Waals surface area (Å²) in [5.41, 5.74) is 1.18. The van der Waals surface area contributed by atoms with Crippen molar-refractivity contribution in [2.24, 2.45) is 5.41 Å². The number of pyridine rings is 1. The highest BCUT2D eigenvalue weighted by atomic mass is 35.5. The maximum absolute atomic E-state index is 6.40. The van der Waals surface area contributed by atoms with E-state index in [9.17, 15) is 0 Å². The standard InChI is InChI=1S/C12H18ClN/c1-9(11(13)12(2,3)4)10-7-5-6-8-14-10/h5-9,11H,1-4H3. The van der Waals surface area contributed by atoms with Gasteiger partial charge in [-0.25, -0.2) is 0 Å². The summed E-state index contributed by atoms with van der Waals surface area (Å²) in [6.45, 7) is 8.60. The zero-order valence-electron chi connectivity index (χ0n) is 9.29. The van der Waals surface area contributed by atoms with Crippen LogP contribution >= 0.6 is 11.6 Å². The Morgan fingerprint density at radius 1 is 1.29 bits per heavy atom. The molecule has 1 aromatic rings. The van der Waals surface area contributed by atoms with Gasteiger partial charge in [0.1, 0.15) is 0 Å². The highest BCUT2D eigenvalue weighted by Gasteiger charge is 2.28. The summed E-state index contributed by atoms with van der Waals surface area (Å²) < 4.78 is 0. The lowest BCUT2D eigenvalue weighted by Gasteiger charge is -2.29. The summed E-state index contributed by atoms with van der Waals surface area (Å²) in [6.07, 6.45) is 1.82. The Balaban J connectivity index is 2.81. The summed E-state index contributed by atoms with van der Waals surface area (Å²) in [5, 5.41) is 0.109. The van der Waals surface area contributed by atoms with Gasteiger partial charge in [-0.05, 0) is 17.5 Å². The predicted molar refractivity (Wildman–Crippen MR) is 61.7 cm³/mol. The van der Waals surface area contributed by atoms with Crippen LogP contribution in [0.3, 0.4) is 0 Å². The molecule has 0 aliphatic carbocycles. The molecule has 0 spiro atoms. The van der Waals surface area contributed by atoms with Crippen molar-refractivity contribution < 1.29 is 0 Å². The van der Waals surface area contributed by atoms with Gasteiger partial charge in [0.15, 0.2) is 0 Å². The van der Waals surface area contributed by atoms with Gasteiger partial charge < -0.3 is 0 Å². The van der Waals surface area contributed by atoms with Crippen LogP contribution in [0.25, 0.3) is 0 Å². The third-order valence-corrected chi connectivity index (χ3v) is 3.45. The number of alkyl halides is 1. The molecule has 1 rings (SSSR count). The average molecular weight is 212 g/mol. The number of aromatic nitrogens is 1. The minimum atomic E-state index is 0.109. The van der Waals surface area contributed by atoms with E-state index >= 15 is 0 Å². The normalized spacial score (nSPS) is 16.4. The lowest BCUT2D eigenvalue weighted by atomic mass is 9.83. The Hall–Kier alpha value is -0.560. The summed E-state index contributed by atoms with van der Waals surface area (Å²) in [5.74, 6) is 0.290. The highest BCUT2D eigenvalue weighted by Crippen LogP contribution is 2.34. The smallest absolute Gasteiger partial charge is 0.0465 e. The number of rotatable bonds is 2. The molecule has 2 unspecified atom stereocenters. The second-order valence-corrected chi connectivity index (χ2v) is 5.28. The highest BCUT2D eigenvalue weighted by molar-refractivity contribution is 6.21. The van der Waals surface area contributed by atoms with Gasteiger partial charge in [-0.3, -0.25) is 4.98 Å². The number of halogens is 1. The van der Waals surface area contributed by atoms with Gasteiger partial charge in [-0.15, -0.1) is 11.6 Å². The maximum atomic E-state index is 6.40. The Kier molecular flexibility index (Phi) is 3.54. The van der Waals surface area contributed by atoms with E-state index in [1.807, 2.05) is 24.4 Å². The molecule has 0 saturated heterocycles. The van der Waals surface area contributed by atoms with Gasteiger partial charge in [-0.1, -0.05) is 33.8 Å². The summed E-state index contributed by atoms with van der Waals surface area (Å²) in [4.78, 5) is 4.33. The van der Waals surface area contributed by atoms with Crippen molar-refractivity contribution in [1.29, 1.82) is 0 Å². The fourth-order valence-corrected chi connectivity index (χ4v) is 1.67. The minimum absolute atomic E-state index is 0.109. The molecule has 1 nitrogen and oxygen atoms in total. The average Bonchev–Trinajstić information content (AvgIpc) is 2.15. The van der Waals surface area contributed by atoms with Gasteiger partial charge in [0.2, 0.25) is 0 Å². The van der Waals surface area contributed by atoms with E-state index in [0.717, 1.165) is 5.69 Å². The molecule has 0 bridgehead atoms. The van der Waals surface area contributed by atoms with Crippen LogP contribution in [-0.2, 0) is 0 Å². The zero-order valence-corrected chi connectivity index (χ0v) is 10.0. The summed E-state index contributed by atoms with van der Waals surface area (Å²) in [6, 6.07) is 5.97. The van der Waals surface area contributed by atoms with E-state index in [2.05, 4.69) is 32.7 Å². The van der Waals surface area contributed by atoms with Crippen molar-refractivity contribution in [1.82, 2.24) is 4.98 Å². The zero-order chi connectivity index (χ0) is 10.8. The summed E-state index contributed by atoms with van der Waals surface area (Å²) in [7, 11) is 0. The number of hydrogen-bond acceptors (Lipinski definition) is 1. The topological polar surface area (TPSA) is 12.9 Å². The SMILES string of the molecule is CC(c1ccccn1)C(Cl)C(C)(C)C. The van der Waals surface area contributed by atoms with Crippen LogP contribution in [0.1, 0.15) is 39.3 Å². The molecule has 1 aromatic heterocycles. The monoisotopic (exact) mass is 211 g/mol. The third kappa shape index (κ3) is 2.71. The van der Waals surface area contributed by atoms with Gasteiger partial charge >= 0.3 is 0 Å². The molecule has 0 N–H and O–H groups in total. The molecule has 1 heterocycles. The number of nitrogens with zero attached hydrogens (tertiary/aromatic N) is 1. The predicted octanol–water partition coefficient (Wildman–Crippen LogP) is 3.84. The molecule has 0 aromatic carbocycles. The van der Waals surface area contributed by atoms with Crippen LogP contribution in [0.5, 0.6) is 0 Å². The maximum Gasteiger partial charge on any atom is 0.0465 e. The Morgan fingerprint density at radius 3 is 2.36 bits per heavy atom. The van der Waals surface area contributed by atoms with E-state index in [1.165, 1.54) is 0 Å². The van der Waals surface area contributed by atoms with Crippen molar-refractivity contribution in [3.8, 4) is 0 Å². The van der Waals surface area contributed by atoms with Crippen LogP contribution < -0.4 is 0 Å². The van der Waals surface area contributed by atoms with E-state index in [1.54, 1.807) is 0 Å². The van der Waals surface area contributed by atoms with Crippen LogP contribution in [0.15, 0.2) is 24.4 Å². The second kappa shape index (κ2) is 4.31.